The van der Waals surface area contributed by atoms with E-state index in [-0.39, 0.29) is 17.5 Å². The monoisotopic (exact) mass is 439 g/mol. The van der Waals surface area contributed by atoms with Crippen LogP contribution in [0.2, 0.25) is 0 Å². The van der Waals surface area contributed by atoms with Gasteiger partial charge in [0, 0.05) is 16.7 Å². The molecule has 0 radical (unpaired) electrons. The molecule has 0 aliphatic carbocycles. The highest BCUT2D eigenvalue weighted by Crippen LogP contribution is 2.24. The van der Waals surface area contributed by atoms with Gasteiger partial charge >= 0.3 is 0 Å². The molecule has 5 nitrogen and oxygen atoms in total. The molecule has 0 amide bonds. The third kappa shape index (κ3) is 4.03. The average Bonchev–Trinajstić information content (AvgIpc) is 3.18. The van der Waals surface area contributed by atoms with Crippen molar-refractivity contribution in [2.24, 2.45) is 0 Å². The third-order valence-electron chi connectivity index (χ3n) is 3.86. The van der Waals surface area contributed by atoms with Crippen molar-refractivity contribution >= 4 is 37.3 Å². The molecule has 25 heavy (non-hydrogen) atoms. The van der Waals surface area contributed by atoms with Gasteiger partial charge in [-0.25, -0.2) is 13.1 Å². The number of thiophene rings is 1. The Labute approximate surface area is 159 Å². The van der Waals surface area contributed by atoms with Crippen molar-refractivity contribution < 1.29 is 8.42 Å². The van der Waals surface area contributed by atoms with Crippen LogP contribution in [-0.4, -0.2) is 24.7 Å². The zero-order valence-electron chi connectivity index (χ0n) is 13.8. The van der Waals surface area contributed by atoms with Gasteiger partial charge in [0.15, 0.2) is 0 Å². The van der Waals surface area contributed by atoms with Crippen molar-refractivity contribution in [3.05, 3.63) is 68.6 Å². The number of halogens is 1. The van der Waals surface area contributed by atoms with Crippen LogP contribution < -0.4 is 4.72 Å². The van der Waals surface area contributed by atoms with Crippen LogP contribution in [0.1, 0.15) is 23.0 Å². The number of aromatic nitrogens is 2. The van der Waals surface area contributed by atoms with Crippen molar-refractivity contribution in [1.29, 1.82) is 0 Å². The molecule has 1 unspecified atom stereocenters. The summed E-state index contributed by atoms with van der Waals surface area (Å²) in [5.41, 5.74) is 2.94. The summed E-state index contributed by atoms with van der Waals surface area (Å²) in [6, 6.07) is 10.6. The lowest BCUT2D eigenvalue weighted by Gasteiger charge is -2.19. The van der Waals surface area contributed by atoms with E-state index < -0.39 is 10.0 Å². The van der Waals surface area contributed by atoms with Gasteiger partial charge in [-0.15, -0.1) is 0 Å². The molecule has 2 heterocycles. The highest BCUT2D eigenvalue weighted by Gasteiger charge is 2.23. The van der Waals surface area contributed by atoms with E-state index in [1.807, 2.05) is 41.4 Å². The average molecular weight is 440 g/mol. The number of rotatable bonds is 6. The summed E-state index contributed by atoms with van der Waals surface area (Å²) in [5, 5.41) is 8.54. The van der Waals surface area contributed by atoms with Crippen molar-refractivity contribution in [3.8, 4) is 0 Å². The van der Waals surface area contributed by atoms with E-state index in [1.165, 1.54) is 0 Å². The molecule has 1 N–H and O–H groups in total. The van der Waals surface area contributed by atoms with Crippen LogP contribution in [0.4, 0.5) is 0 Å². The second kappa shape index (κ2) is 7.41. The predicted octanol–water partition coefficient (Wildman–Crippen LogP) is 3.89. The molecule has 3 rings (SSSR count). The first-order valence-corrected chi connectivity index (χ1v) is 10.9. The summed E-state index contributed by atoms with van der Waals surface area (Å²) >= 11 is 4.88. The number of nitrogens with one attached hydrogen (secondary N) is 1. The highest BCUT2D eigenvalue weighted by molar-refractivity contribution is 9.10. The first-order chi connectivity index (χ1) is 11.9. The molecule has 0 bridgehead atoms. The molecule has 0 spiro atoms. The maximum Gasteiger partial charge on any atom is 0.241 e. The van der Waals surface area contributed by atoms with Crippen LogP contribution in [0.5, 0.6) is 0 Å². The largest absolute Gasteiger partial charge is 0.261 e. The molecule has 2 aromatic heterocycles. The Bertz CT molecular complexity index is 966. The molecular weight excluding hydrogens is 422 g/mol. The number of sulfonamides is 1. The molecule has 0 saturated heterocycles. The minimum Gasteiger partial charge on any atom is -0.261 e. The van der Waals surface area contributed by atoms with E-state index in [0.717, 1.165) is 17.0 Å². The minimum atomic E-state index is -3.63. The Kier molecular flexibility index (Phi) is 5.43. The second-order valence-corrected chi connectivity index (χ2v) is 9.10. The van der Waals surface area contributed by atoms with Gasteiger partial charge in [-0.2, -0.15) is 16.4 Å². The number of hydrogen-bond acceptors (Lipinski definition) is 4. The van der Waals surface area contributed by atoms with Gasteiger partial charge in [0.05, 0.1) is 16.6 Å². The van der Waals surface area contributed by atoms with E-state index in [4.69, 9.17) is 0 Å². The fourth-order valence-electron chi connectivity index (χ4n) is 2.70. The van der Waals surface area contributed by atoms with Crippen LogP contribution in [0.15, 0.2) is 56.5 Å². The van der Waals surface area contributed by atoms with Gasteiger partial charge in [-0.3, -0.25) is 4.68 Å². The Morgan fingerprint density at radius 1 is 1.28 bits per heavy atom. The number of aryl methyl sites for hydroxylation is 2. The normalized spacial score (nSPS) is 13.1. The summed E-state index contributed by atoms with van der Waals surface area (Å²) in [6.45, 7) is 4.13. The Morgan fingerprint density at radius 3 is 2.64 bits per heavy atom. The molecule has 1 atom stereocenters. The van der Waals surface area contributed by atoms with Gasteiger partial charge in [-0.1, -0.05) is 12.1 Å². The predicted molar refractivity (Wildman–Crippen MR) is 103 cm³/mol. The number of hydrogen-bond donors (Lipinski definition) is 1. The Balaban J connectivity index is 1.90. The van der Waals surface area contributed by atoms with E-state index in [2.05, 4.69) is 25.8 Å². The quantitative estimate of drug-likeness (QED) is 0.633. The van der Waals surface area contributed by atoms with E-state index in [0.29, 0.717) is 4.47 Å². The molecule has 0 aliphatic heterocycles. The lowest BCUT2D eigenvalue weighted by molar-refractivity contribution is 0.494. The van der Waals surface area contributed by atoms with Gasteiger partial charge < -0.3 is 0 Å². The summed E-state index contributed by atoms with van der Waals surface area (Å²) in [7, 11) is -3.63. The lowest BCUT2D eigenvalue weighted by atomic mass is 10.1. The third-order valence-corrected chi connectivity index (χ3v) is 7.00. The molecule has 132 valence electrons. The maximum absolute atomic E-state index is 12.7. The van der Waals surface area contributed by atoms with Crippen LogP contribution >= 0.6 is 27.3 Å². The van der Waals surface area contributed by atoms with Crippen molar-refractivity contribution in [1.82, 2.24) is 14.5 Å². The number of benzene rings is 1. The zero-order valence-corrected chi connectivity index (χ0v) is 17.0. The molecule has 8 heteroatoms. The molecule has 0 saturated carbocycles. The maximum atomic E-state index is 12.7. The van der Waals surface area contributed by atoms with E-state index >= 15 is 0 Å². The van der Waals surface area contributed by atoms with Crippen LogP contribution in [0.3, 0.4) is 0 Å². The van der Waals surface area contributed by atoms with Crippen LogP contribution in [0, 0.1) is 13.8 Å². The van der Waals surface area contributed by atoms with Crippen LogP contribution in [-0.2, 0) is 10.0 Å². The topological polar surface area (TPSA) is 64.0 Å². The first-order valence-electron chi connectivity index (χ1n) is 7.67. The lowest BCUT2D eigenvalue weighted by Crippen LogP contribution is -2.32. The second-order valence-electron chi connectivity index (χ2n) is 5.73. The van der Waals surface area contributed by atoms with Crippen LogP contribution in [0.25, 0.3) is 0 Å². The fraction of sp³-hybridized carbons (Fsp3) is 0.235. The smallest absolute Gasteiger partial charge is 0.241 e. The van der Waals surface area contributed by atoms with Crippen molar-refractivity contribution in [3.63, 3.8) is 0 Å². The van der Waals surface area contributed by atoms with Gasteiger partial charge in [-0.05, 0) is 70.4 Å². The standard InChI is InChI=1S/C17H18BrN3O2S2/c1-12-9-13(2)21(20-12)16(14-7-8-24-11-14)10-19-25(22,23)17-6-4-3-5-15(17)18/h3-9,11,16,19H,10H2,1-2H3. The number of nitrogens with zero attached hydrogens (tertiary/aromatic N) is 2. The summed E-state index contributed by atoms with van der Waals surface area (Å²) in [6.07, 6.45) is 0. The van der Waals surface area contributed by atoms with Crippen molar-refractivity contribution in [2.75, 3.05) is 6.54 Å². The summed E-state index contributed by atoms with van der Waals surface area (Å²) in [4.78, 5) is 0.229. The Hall–Kier alpha value is -1.48. The van der Waals surface area contributed by atoms with E-state index in [1.54, 1.807) is 35.6 Å². The van der Waals surface area contributed by atoms with Gasteiger partial charge in [0.1, 0.15) is 0 Å². The molecule has 3 aromatic rings. The van der Waals surface area contributed by atoms with Gasteiger partial charge in [0.2, 0.25) is 10.0 Å². The first kappa shape index (κ1) is 18.3. The minimum absolute atomic E-state index is 0.197. The Morgan fingerprint density at radius 2 is 2.04 bits per heavy atom. The summed E-state index contributed by atoms with van der Waals surface area (Å²) in [5.74, 6) is 0. The zero-order chi connectivity index (χ0) is 18.0. The highest BCUT2D eigenvalue weighted by atomic mass is 79.9. The molecule has 0 fully saturated rings. The SMILES string of the molecule is Cc1cc(C)n(C(CNS(=O)(=O)c2ccccc2Br)c2ccsc2)n1. The fourth-order valence-corrected chi connectivity index (χ4v) is 5.45. The van der Waals surface area contributed by atoms with E-state index in [9.17, 15) is 8.42 Å². The van der Waals surface area contributed by atoms with Crippen molar-refractivity contribution in [2.45, 2.75) is 24.8 Å². The molecular formula is C17H18BrN3O2S2. The summed E-state index contributed by atoms with van der Waals surface area (Å²) < 4.78 is 30.5. The van der Waals surface area contributed by atoms with Gasteiger partial charge in [0.25, 0.3) is 0 Å². The molecule has 0 aliphatic rings. The molecule has 1 aromatic carbocycles.